The molecular weight excluding hydrogens is 346 g/mol. The SMILES string of the molecule is CCCC[C@@H](C(=O)O)N1C(=O)/C(=C/c2ccc(OC)cc2)SC1=S. The molecule has 0 saturated carbocycles. The number of hydrogen-bond donors (Lipinski definition) is 1. The van der Waals surface area contributed by atoms with E-state index in [-0.39, 0.29) is 5.91 Å². The number of benzene rings is 1. The zero-order chi connectivity index (χ0) is 17.7. The average Bonchev–Trinajstić information content (AvgIpc) is 2.83. The van der Waals surface area contributed by atoms with Gasteiger partial charge in [0.15, 0.2) is 0 Å². The topological polar surface area (TPSA) is 66.8 Å². The summed E-state index contributed by atoms with van der Waals surface area (Å²) < 4.78 is 5.40. The number of amides is 1. The van der Waals surface area contributed by atoms with Crippen molar-refractivity contribution in [1.82, 2.24) is 4.90 Å². The zero-order valence-electron chi connectivity index (χ0n) is 13.5. The number of ether oxygens (including phenoxy) is 1. The van der Waals surface area contributed by atoms with Crippen LogP contribution in [-0.2, 0) is 9.59 Å². The van der Waals surface area contributed by atoms with E-state index in [1.807, 2.05) is 19.1 Å². The van der Waals surface area contributed by atoms with E-state index in [9.17, 15) is 14.7 Å². The van der Waals surface area contributed by atoms with Crippen molar-refractivity contribution in [2.45, 2.75) is 32.2 Å². The fourth-order valence-corrected chi connectivity index (χ4v) is 3.72. The number of rotatable bonds is 7. The van der Waals surface area contributed by atoms with Gasteiger partial charge < -0.3 is 9.84 Å². The fourth-order valence-electron chi connectivity index (χ4n) is 2.36. The van der Waals surface area contributed by atoms with Gasteiger partial charge in [-0.1, -0.05) is 55.9 Å². The Kier molecular flexibility index (Phi) is 6.39. The molecule has 1 fully saturated rings. The van der Waals surface area contributed by atoms with Crippen LogP contribution in [0.3, 0.4) is 0 Å². The second-order valence-corrected chi connectivity index (χ2v) is 7.00. The number of carboxylic acids is 1. The first-order valence-corrected chi connectivity index (χ1v) is 8.84. The summed E-state index contributed by atoms with van der Waals surface area (Å²) in [4.78, 5) is 25.8. The predicted octanol–water partition coefficient (Wildman–Crippen LogP) is 3.54. The molecule has 0 unspecified atom stereocenters. The lowest BCUT2D eigenvalue weighted by molar-refractivity contribution is -0.145. The molecule has 0 aliphatic carbocycles. The van der Waals surface area contributed by atoms with Crippen LogP contribution in [-0.4, -0.2) is 39.4 Å². The molecule has 2 rings (SSSR count). The van der Waals surface area contributed by atoms with E-state index in [0.717, 1.165) is 35.9 Å². The van der Waals surface area contributed by atoms with Gasteiger partial charge in [-0.25, -0.2) is 4.79 Å². The zero-order valence-corrected chi connectivity index (χ0v) is 15.2. The van der Waals surface area contributed by atoms with Crippen molar-refractivity contribution >= 4 is 46.3 Å². The van der Waals surface area contributed by atoms with E-state index in [1.54, 1.807) is 25.3 Å². The third kappa shape index (κ3) is 4.15. The van der Waals surface area contributed by atoms with Gasteiger partial charge in [-0.2, -0.15) is 0 Å². The molecule has 1 amide bonds. The van der Waals surface area contributed by atoms with E-state index in [4.69, 9.17) is 17.0 Å². The molecule has 1 heterocycles. The molecule has 24 heavy (non-hydrogen) atoms. The standard InChI is InChI=1S/C17H19NO4S2/c1-3-4-5-13(16(20)21)18-15(19)14(24-17(18)23)10-11-6-8-12(22-2)9-7-11/h6-10,13H,3-5H2,1-2H3,(H,20,21)/b14-10-/t13-/m0/s1. The molecule has 0 bridgehead atoms. The summed E-state index contributed by atoms with van der Waals surface area (Å²) in [5.41, 5.74) is 0.830. The monoisotopic (exact) mass is 365 g/mol. The van der Waals surface area contributed by atoms with Crippen LogP contribution in [0.25, 0.3) is 6.08 Å². The number of aliphatic carboxylic acids is 1. The summed E-state index contributed by atoms with van der Waals surface area (Å²) in [6, 6.07) is 6.36. The molecule has 0 radical (unpaired) electrons. The Balaban J connectivity index is 2.23. The van der Waals surface area contributed by atoms with Crippen molar-refractivity contribution in [2.75, 3.05) is 7.11 Å². The normalized spacial score (nSPS) is 17.4. The van der Waals surface area contributed by atoms with Gasteiger partial charge in [0.25, 0.3) is 5.91 Å². The summed E-state index contributed by atoms with van der Waals surface area (Å²) >= 11 is 6.38. The molecule has 128 valence electrons. The summed E-state index contributed by atoms with van der Waals surface area (Å²) in [7, 11) is 1.59. The fraction of sp³-hybridized carbons (Fsp3) is 0.353. The first-order chi connectivity index (χ1) is 11.5. The van der Waals surface area contributed by atoms with Crippen molar-refractivity contribution in [3.63, 3.8) is 0 Å². The Morgan fingerprint density at radius 3 is 2.62 bits per heavy atom. The minimum atomic E-state index is -1.02. The summed E-state index contributed by atoms with van der Waals surface area (Å²) in [5, 5.41) is 9.43. The third-order valence-electron chi connectivity index (χ3n) is 3.66. The van der Waals surface area contributed by atoms with Crippen LogP contribution < -0.4 is 4.74 Å². The maximum atomic E-state index is 12.6. The molecule has 1 N–H and O–H groups in total. The van der Waals surface area contributed by atoms with E-state index in [0.29, 0.717) is 15.6 Å². The summed E-state index contributed by atoms with van der Waals surface area (Å²) in [5.74, 6) is -0.639. The first kappa shape index (κ1) is 18.5. The third-order valence-corrected chi connectivity index (χ3v) is 5.00. The lowest BCUT2D eigenvalue weighted by atomic mass is 10.1. The molecule has 1 aromatic rings. The molecule has 1 saturated heterocycles. The molecule has 1 aliphatic rings. The maximum Gasteiger partial charge on any atom is 0.326 e. The van der Waals surface area contributed by atoms with Gasteiger partial charge in [0, 0.05) is 0 Å². The molecule has 1 aliphatic heterocycles. The summed E-state index contributed by atoms with van der Waals surface area (Å²) in [6.45, 7) is 1.98. The second-order valence-electron chi connectivity index (χ2n) is 5.32. The molecule has 7 heteroatoms. The van der Waals surface area contributed by atoms with Gasteiger partial charge in [0.1, 0.15) is 16.1 Å². The smallest absolute Gasteiger partial charge is 0.326 e. The van der Waals surface area contributed by atoms with Crippen LogP contribution in [0.5, 0.6) is 5.75 Å². The number of thioether (sulfide) groups is 1. The second kappa shape index (κ2) is 8.30. The Morgan fingerprint density at radius 1 is 1.42 bits per heavy atom. The first-order valence-electron chi connectivity index (χ1n) is 7.61. The van der Waals surface area contributed by atoms with Crippen LogP contribution in [0.4, 0.5) is 0 Å². The van der Waals surface area contributed by atoms with Crippen LogP contribution in [0.2, 0.25) is 0 Å². The number of thiocarbonyl (C=S) groups is 1. The minimum absolute atomic E-state index is 0.295. The van der Waals surface area contributed by atoms with Crippen molar-refractivity contribution in [3.8, 4) is 5.75 Å². The largest absolute Gasteiger partial charge is 0.497 e. The lowest BCUT2D eigenvalue weighted by Gasteiger charge is -2.22. The van der Waals surface area contributed by atoms with Gasteiger partial charge in [0.05, 0.1) is 12.0 Å². The van der Waals surface area contributed by atoms with E-state index in [2.05, 4.69) is 0 Å². The number of carbonyl (C=O) groups excluding carboxylic acids is 1. The lowest BCUT2D eigenvalue weighted by Crippen LogP contribution is -2.43. The highest BCUT2D eigenvalue weighted by atomic mass is 32.2. The number of hydrogen-bond acceptors (Lipinski definition) is 5. The average molecular weight is 365 g/mol. The highest BCUT2D eigenvalue weighted by Crippen LogP contribution is 2.35. The van der Waals surface area contributed by atoms with Gasteiger partial charge in [-0.15, -0.1) is 0 Å². The molecular formula is C17H19NO4S2. The maximum absolute atomic E-state index is 12.6. The van der Waals surface area contributed by atoms with Crippen molar-refractivity contribution < 1.29 is 19.4 Å². The quantitative estimate of drug-likeness (QED) is 0.589. The van der Waals surface area contributed by atoms with E-state index >= 15 is 0 Å². The van der Waals surface area contributed by atoms with Crippen molar-refractivity contribution in [2.24, 2.45) is 0 Å². The highest BCUT2D eigenvalue weighted by Gasteiger charge is 2.40. The molecule has 1 atom stereocenters. The van der Waals surface area contributed by atoms with Crippen molar-refractivity contribution in [1.29, 1.82) is 0 Å². The Hall–Kier alpha value is -1.86. The van der Waals surface area contributed by atoms with Crippen LogP contribution in [0.1, 0.15) is 31.7 Å². The number of nitrogens with zero attached hydrogens (tertiary/aromatic N) is 1. The van der Waals surface area contributed by atoms with Gasteiger partial charge in [0.2, 0.25) is 0 Å². The number of unbranched alkanes of at least 4 members (excludes halogenated alkanes) is 1. The van der Waals surface area contributed by atoms with E-state index < -0.39 is 12.0 Å². The van der Waals surface area contributed by atoms with Gasteiger partial charge in [-0.05, 0) is 30.2 Å². The predicted molar refractivity (Wildman–Crippen MR) is 99.0 cm³/mol. The Morgan fingerprint density at radius 2 is 2.08 bits per heavy atom. The Bertz CT molecular complexity index is 670. The Labute approximate surface area is 150 Å². The van der Waals surface area contributed by atoms with Crippen LogP contribution in [0, 0.1) is 0 Å². The number of carbonyl (C=O) groups is 2. The van der Waals surface area contributed by atoms with Crippen LogP contribution in [0.15, 0.2) is 29.2 Å². The molecule has 1 aromatic carbocycles. The van der Waals surface area contributed by atoms with Gasteiger partial charge in [-0.3, -0.25) is 9.69 Å². The molecule has 0 spiro atoms. The van der Waals surface area contributed by atoms with Crippen LogP contribution >= 0.6 is 24.0 Å². The molecule has 5 nitrogen and oxygen atoms in total. The van der Waals surface area contributed by atoms with Gasteiger partial charge >= 0.3 is 5.97 Å². The van der Waals surface area contributed by atoms with Crippen molar-refractivity contribution in [3.05, 3.63) is 34.7 Å². The minimum Gasteiger partial charge on any atom is -0.497 e. The number of carboxylic acid groups (broad SMARTS) is 1. The summed E-state index contributed by atoms with van der Waals surface area (Å²) in [6.07, 6.45) is 3.71. The molecule has 0 aromatic heterocycles. The van der Waals surface area contributed by atoms with E-state index in [1.165, 1.54) is 4.90 Å². The number of methoxy groups -OCH3 is 1. The highest BCUT2D eigenvalue weighted by molar-refractivity contribution is 8.26.